The van der Waals surface area contributed by atoms with E-state index in [4.69, 9.17) is 56.2 Å². The lowest BCUT2D eigenvalue weighted by Gasteiger charge is -1.96. The third-order valence-electron chi connectivity index (χ3n) is 0.264. The van der Waals surface area contributed by atoms with Crippen molar-refractivity contribution in [3.63, 3.8) is 0 Å². The molecule has 0 spiro atoms. The Hall–Kier alpha value is 2.11. The van der Waals surface area contributed by atoms with Crippen molar-refractivity contribution in [2.24, 2.45) is 0 Å². The van der Waals surface area contributed by atoms with Gasteiger partial charge in [0.1, 0.15) is 33.7 Å². The molecule has 8 heteroatoms. The van der Waals surface area contributed by atoms with Gasteiger partial charge in [-0.15, -0.1) is 0 Å². The molecule has 0 bridgehead atoms. The quantitative estimate of drug-likeness (QED) is 0.599. The zero-order chi connectivity index (χ0) is 7.00. The molecule has 0 aliphatic heterocycles. The van der Waals surface area contributed by atoms with Crippen molar-refractivity contribution in [2.75, 3.05) is 0 Å². The third-order valence-corrected chi connectivity index (χ3v) is 16.4. The second-order valence-electron chi connectivity index (χ2n) is 0.853. The Morgan fingerprint density at radius 1 is 1.12 bits per heavy atom. The largest absolute Gasteiger partial charge is 0.430 e. The van der Waals surface area contributed by atoms with Crippen molar-refractivity contribution in [1.29, 1.82) is 0 Å². The van der Waals surface area contributed by atoms with Gasteiger partial charge in [-0.25, -0.2) is 4.57 Å². The SMILES string of the molecule is O=P(Cl)(Cl)[P+](Cl)(Cl)Cl. The topological polar surface area (TPSA) is 17.1 Å². The lowest BCUT2D eigenvalue weighted by molar-refractivity contribution is 0.600. The van der Waals surface area contributed by atoms with Crippen molar-refractivity contribution in [2.45, 2.75) is 0 Å². The highest BCUT2D eigenvalue weighted by molar-refractivity contribution is 8.81. The summed E-state index contributed by atoms with van der Waals surface area (Å²) in [5, 5.41) is -3.10. The van der Waals surface area contributed by atoms with Crippen LogP contribution >= 0.6 is 66.7 Å². The van der Waals surface area contributed by atoms with Crippen molar-refractivity contribution >= 4 is 66.7 Å². The van der Waals surface area contributed by atoms with E-state index in [1.165, 1.54) is 0 Å². The first kappa shape index (κ1) is 10.1. The van der Waals surface area contributed by atoms with Gasteiger partial charge < -0.3 is 0 Å². The highest BCUT2D eigenvalue weighted by atomic mass is 36.1. The Kier molecular flexibility index (Phi) is 3.80. The van der Waals surface area contributed by atoms with Gasteiger partial charge in [0.25, 0.3) is 0 Å². The fraction of sp³-hybridized carbons (Fsp3) is 0. The first-order valence-electron chi connectivity index (χ1n) is 1.23. The van der Waals surface area contributed by atoms with Crippen LogP contribution in [0.5, 0.6) is 0 Å². The summed E-state index contributed by atoms with van der Waals surface area (Å²) in [5.41, 5.74) is -3.50. The maximum atomic E-state index is 10.4. The number of rotatable bonds is 1. The van der Waals surface area contributed by atoms with Crippen LogP contribution in [-0.2, 0) is 4.57 Å². The van der Waals surface area contributed by atoms with Crippen LogP contribution in [0, 0.1) is 0 Å². The molecule has 0 aliphatic carbocycles. The molecular weight excluding hydrogens is 255 g/mol. The van der Waals surface area contributed by atoms with Crippen LogP contribution in [-0.4, -0.2) is 0 Å². The molecule has 50 valence electrons. The molecule has 0 aromatic heterocycles. The van der Waals surface area contributed by atoms with Gasteiger partial charge >= 0.3 is 10.5 Å². The first-order chi connectivity index (χ1) is 3.25. The van der Waals surface area contributed by atoms with Crippen LogP contribution in [0.2, 0.25) is 0 Å². The molecule has 1 nitrogen and oxygen atoms in total. The van der Waals surface area contributed by atoms with E-state index in [0.29, 0.717) is 0 Å². The fourth-order valence-electron chi connectivity index (χ4n) is 0. The lowest BCUT2D eigenvalue weighted by atomic mass is 16.0. The lowest BCUT2D eigenvalue weighted by Crippen LogP contribution is -1.48. The second-order valence-corrected chi connectivity index (χ2v) is 19.1. The van der Waals surface area contributed by atoms with Crippen LogP contribution < -0.4 is 0 Å². The molecule has 0 radical (unpaired) electrons. The first-order valence-corrected chi connectivity index (χ1v) is 9.95. The minimum absolute atomic E-state index is 3.10. The van der Waals surface area contributed by atoms with Gasteiger partial charge in [-0.3, -0.25) is 0 Å². The summed E-state index contributed by atoms with van der Waals surface area (Å²) in [7, 11) is 0. The fourth-order valence-corrected chi connectivity index (χ4v) is 0. The zero-order valence-electron chi connectivity index (χ0n) is 3.19. The number of hydrogen-bond donors (Lipinski definition) is 0. The maximum Gasteiger partial charge on any atom is 0.430 e. The van der Waals surface area contributed by atoms with Crippen LogP contribution in [0.25, 0.3) is 0 Å². The highest BCUT2D eigenvalue weighted by Crippen LogP contribution is 3.02. The Labute approximate surface area is 71.1 Å². The van der Waals surface area contributed by atoms with E-state index < -0.39 is 10.5 Å². The van der Waals surface area contributed by atoms with Gasteiger partial charge in [0.15, 0.2) is 0 Å². The molecule has 0 saturated carbocycles. The van der Waals surface area contributed by atoms with Crippen molar-refractivity contribution in [1.82, 2.24) is 0 Å². The summed E-state index contributed by atoms with van der Waals surface area (Å²) in [5.74, 6) is 0. The van der Waals surface area contributed by atoms with Gasteiger partial charge in [-0.1, -0.05) is 0 Å². The van der Waals surface area contributed by atoms with Gasteiger partial charge in [-0.2, -0.15) is 0 Å². The summed E-state index contributed by atoms with van der Waals surface area (Å²) >= 11 is 25.3. The van der Waals surface area contributed by atoms with Crippen molar-refractivity contribution in [3.8, 4) is 0 Å². The monoisotopic (exact) mass is 253 g/mol. The van der Waals surface area contributed by atoms with Crippen LogP contribution in [0.4, 0.5) is 0 Å². The molecule has 0 aliphatic rings. The zero-order valence-corrected chi connectivity index (χ0v) is 8.76. The molecule has 0 N–H and O–H groups in total. The van der Waals surface area contributed by atoms with Crippen molar-refractivity contribution < 1.29 is 4.57 Å². The summed E-state index contributed by atoms with van der Waals surface area (Å²) in [4.78, 5) is 0. The van der Waals surface area contributed by atoms with Crippen LogP contribution in [0.1, 0.15) is 0 Å². The van der Waals surface area contributed by atoms with E-state index >= 15 is 0 Å². The minimum Gasteiger partial charge on any atom is -0.239 e. The van der Waals surface area contributed by atoms with Gasteiger partial charge in [0.05, 0.1) is 0 Å². The van der Waals surface area contributed by atoms with E-state index in [0.717, 1.165) is 0 Å². The molecule has 0 heterocycles. The Morgan fingerprint density at radius 3 is 1.25 bits per heavy atom. The highest BCUT2D eigenvalue weighted by Gasteiger charge is 2.53. The van der Waals surface area contributed by atoms with E-state index in [9.17, 15) is 4.57 Å². The van der Waals surface area contributed by atoms with E-state index in [1.807, 2.05) is 0 Å². The smallest absolute Gasteiger partial charge is 0.239 e. The molecule has 0 saturated heterocycles. The molecule has 0 unspecified atom stereocenters. The van der Waals surface area contributed by atoms with Crippen molar-refractivity contribution in [3.05, 3.63) is 0 Å². The number of halogens is 5. The summed E-state index contributed by atoms with van der Waals surface area (Å²) < 4.78 is 10.4. The third kappa shape index (κ3) is 3.32. The molecule has 0 fully saturated rings. The minimum atomic E-state index is -3.50. The molecular formula is Cl5OP2+. The summed E-state index contributed by atoms with van der Waals surface area (Å²) in [6, 6.07) is 0. The predicted octanol–water partition coefficient (Wildman–Crippen LogP) is 5.05. The van der Waals surface area contributed by atoms with E-state index in [1.54, 1.807) is 0 Å². The second kappa shape index (κ2) is 3.01. The Bertz CT molecular complexity index is 117. The maximum absolute atomic E-state index is 10.4. The molecule has 0 amide bonds. The van der Waals surface area contributed by atoms with Crippen LogP contribution in [0.3, 0.4) is 0 Å². The summed E-state index contributed by atoms with van der Waals surface area (Å²) in [6.45, 7) is 0. The predicted molar refractivity (Wildman–Crippen MR) is 43.8 cm³/mol. The van der Waals surface area contributed by atoms with E-state index in [2.05, 4.69) is 0 Å². The normalized spacial score (nSPS) is 14.1. The van der Waals surface area contributed by atoms with E-state index in [-0.39, 0.29) is 0 Å². The van der Waals surface area contributed by atoms with Crippen LogP contribution in [0.15, 0.2) is 0 Å². The standard InChI is InChI=1S/Cl5OP2/c1-7(2,3)8(4,5)6/q+1. The van der Waals surface area contributed by atoms with Gasteiger partial charge in [0.2, 0.25) is 0 Å². The average Bonchev–Trinajstić information content (AvgIpc) is 1.25. The Balaban J connectivity index is 4.26. The molecule has 0 atom stereocenters. The molecule has 0 aromatic carbocycles. The van der Waals surface area contributed by atoms with Gasteiger partial charge in [-0.05, 0) is 0 Å². The average molecular weight is 255 g/mol. The molecule has 0 rings (SSSR count). The Morgan fingerprint density at radius 2 is 1.25 bits per heavy atom. The molecule has 0 aromatic rings. The summed E-state index contributed by atoms with van der Waals surface area (Å²) in [6.07, 6.45) is 0. The number of hydrogen-bond acceptors (Lipinski definition) is 1. The molecule has 8 heavy (non-hydrogen) atoms. The van der Waals surface area contributed by atoms with Gasteiger partial charge in [0, 0.05) is 22.5 Å².